The zero-order valence-corrected chi connectivity index (χ0v) is 11.2. The molecule has 0 aliphatic carbocycles. The summed E-state index contributed by atoms with van der Waals surface area (Å²) in [6, 6.07) is 15.4. The summed E-state index contributed by atoms with van der Waals surface area (Å²) in [4.78, 5) is 0. The van der Waals surface area contributed by atoms with Crippen LogP contribution in [0.3, 0.4) is 0 Å². The molecule has 0 saturated heterocycles. The summed E-state index contributed by atoms with van der Waals surface area (Å²) in [5, 5.41) is 0. The van der Waals surface area contributed by atoms with Gasteiger partial charge in [-0.15, -0.1) is 0 Å². The SMILES string of the molecule is CC(C[CH]c1cccc(C(F)(F)F)c1)c1ccccc1. The Morgan fingerprint density at radius 2 is 1.70 bits per heavy atom. The normalized spacial score (nSPS) is 13.2. The van der Waals surface area contributed by atoms with E-state index in [-0.39, 0.29) is 5.92 Å². The van der Waals surface area contributed by atoms with Crippen LogP contribution in [0.4, 0.5) is 13.2 Å². The van der Waals surface area contributed by atoms with Gasteiger partial charge in [0.05, 0.1) is 5.56 Å². The average Bonchev–Trinajstić information content (AvgIpc) is 2.45. The van der Waals surface area contributed by atoms with Crippen LogP contribution in [0.25, 0.3) is 0 Å². The van der Waals surface area contributed by atoms with Crippen molar-refractivity contribution < 1.29 is 13.2 Å². The van der Waals surface area contributed by atoms with Gasteiger partial charge in [0, 0.05) is 0 Å². The topological polar surface area (TPSA) is 0 Å². The predicted molar refractivity (Wildman–Crippen MR) is 74.3 cm³/mol. The number of rotatable bonds is 4. The number of halogens is 3. The Kier molecular flexibility index (Phi) is 4.48. The molecular weight excluding hydrogens is 261 g/mol. The molecule has 2 aromatic carbocycles. The molecular formula is C17H16F3. The molecule has 0 bridgehead atoms. The van der Waals surface area contributed by atoms with Gasteiger partial charge < -0.3 is 0 Å². The molecule has 0 aromatic heterocycles. The Labute approximate surface area is 117 Å². The quantitative estimate of drug-likeness (QED) is 0.697. The van der Waals surface area contributed by atoms with Crippen LogP contribution in [0, 0.1) is 6.42 Å². The van der Waals surface area contributed by atoms with Crippen LogP contribution in [0.2, 0.25) is 0 Å². The largest absolute Gasteiger partial charge is 0.416 e. The van der Waals surface area contributed by atoms with E-state index in [9.17, 15) is 13.2 Å². The van der Waals surface area contributed by atoms with Gasteiger partial charge in [-0.3, -0.25) is 0 Å². The van der Waals surface area contributed by atoms with Gasteiger partial charge in [0.15, 0.2) is 0 Å². The maximum Gasteiger partial charge on any atom is 0.416 e. The van der Waals surface area contributed by atoms with Crippen molar-refractivity contribution in [2.45, 2.75) is 25.4 Å². The number of benzene rings is 2. The molecule has 0 saturated carbocycles. The third-order valence-corrected chi connectivity index (χ3v) is 3.29. The number of alkyl halides is 3. The van der Waals surface area contributed by atoms with Crippen molar-refractivity contribution in [2.24, 2.45) is 0 Å². The fourth-order valence-electron chi connectivity index (χ4n) is 2.07. The molecule has 0 aliphatic heterocycles. The van der Waals surface area contributed by atoms with Gasteiger partial charge in [-0.1, -0.05) is 55.5 Å². The summed E-state index contributed by atoms with van der Waals surface area (Å²) < 4.78 is 37.9. The minimum atomic E-state index is -4.28. The minimum Gasteiger partial charge on any atom is -0.166 e. The average molecular weight is 277 g/mol. The lowest BCUT2D eigenvalue weighted by molar-refractivity contribution is -0.137. The predicted octanol–water partition coefficient (Wildman–Crippen LogP) is 5.45. The first kappa shape index (κ1) is 14.6. The van der Waals surface area contributed by atoms with Gasteiger partial charge in [-0.05, 0) is 36.0 Å². The van der Waals surface area contributed by atoms with Gasteiger partial charge in [-0.2, -0.15) is 13.2 Å². The molecule has 2 aromatic rings. The summed E-state index contributed by atoms with van der Waals surface area (Å²) in [5.74, 6) is 0.283. The molecule has 1 atom stereocenters. The van der Waals surface area contributed by atoms with Gasteiger partial charge >= 0.3 is 6.18 Å². The van der Waals surface area contributed by atoms with Crippen LogP contribution >= 0.6 is 0 Å². The van der Waals surface area contributed by atoms with E-state index in [2.05, 4.69) is 6.92 Å². The highest BCUT2D eigenvalue weighted by Crippen LogP contribution is 2.30. The molecule has 105 valence electrons. The molecule has 0 N–H and O–H groups in total. The third-order valence-electron chi connectivity index (χ3n) is 3.29. The van der Waals surface area contributed by atoms with Gasteiger partial charge in [-0.25, -0.2) is 0 Å². The van der Waals surface area contributed by atoms with Crippen LogP contribution in [0.15, 0.2) is 54.6 Å². The first-order valence-corrected chi connectivity index (χ1v) is 6.52. The lowest BCUT2D eigenvalue weighted by atomic mass is 9.94. The van der Waals surface area contributed by atoms with Crippen molar-refractivity contribution >= 4 is 0 Å². The van der Waals surface area contributed by atoms with E-state index in [1.807, 2.05) is 36.8 Å². The fraction of sp³-hybridized carbons (Fsp3) is 0.235. The minimum absolute atomic E-state index is 0.283. The Hall–Kier alpha value is -1.77. The van der Waals surface area contributed by atoms with E-state index in [0.29, 0.717) is 12.0 Å². The van der Waals surface area contributed by atoms with Crippen molar-refractivity contribution in [2.75, 3.05) is 0 Å². The Morgan fingerprint density at radius 3 is 2.35 bits per heavy atom. The summed E-state index contributed by atoms with van der Waals surface area (Å²) in [6.45, 7) is 2.07. The first-order chi connectivity index (χ1) is 9.47. The van der Waals surface area contributed by atoms with E-state index < -0.39 is 11.7 Å². The highest BCUT2D eigenvalue weighted by molar-refractivity contribution is 5.31. The second kappa shape index (κ2) is 6.12. The smallest absolute Gasteiger partial charge is 0.166 e. The maximum atomic E-state index is 12.6. The zero-order valence-electron chi connectivity index (χ0n) is 11.2. The molecule has 20 heavy (non-hydrogen) atoms. The summed E-state index contributed by atoms with van der Waals surface area (Å²) in [6.07, 6.45) is -1.72. The zero-order chi connectivity index (χ0) is 14.6. The summed E-state index contributed by atoms with van der Waals surface area (Å²) >= 11 is 0. The van der Waals surface area contributed by atoms with E-state index >= 15 is 0 Å². The molecule has 1 unspecified atom stereocenters. The fourth-order valence-corrected chi connectivity index (χ4v) is 2.07. The van der Waals surface area contributed by atoms with Crippen LogP contribution in [-0.2, 0) is 6.18 Å². The van der Waals surface area contributed by atoms with Gasteiger partial charge in [0.2, 0.25) is 0 Å². The second-order valence-electron chi connectivity index (χ2n) is 4.87. The monoisotopic (exact) mass is 277 g/mol. The molecule has 0 spiro atoms. The van der Waals surface area contributed by atoms with Crippen LogP contribution < -0.4 is 0 Å². The van der Waals surface area contributed by atoms with E-state index in [1.54, 1.807) is 6.07 Å². The first-order valence-electron chi connectivity index (χ1n) is 6.52. The Morgan fingerprint density at radius 1 is 1.00 bits per heavy atom. The van der Waals surface area contributed by atoms with Crippen molar-refractivity contribution in [3.8, 4) is 0 Å². The standard InChI is InChI=1S/C17H16F3/c1-13(15-7-3-2-4-8-15)10-11-14-6-5-9-16(12-14)17(18,19)20/h2-9,11-13H,10H2,1H3. The van der Waals surface area contributed by atoms with Crippen LogP contribution in [0.5, 0.6) is 0 Å². The lowest BCUT2D eigenvalue weighted by Crippen LogP contribution is -2.05. The van der Waals surface area contributed by atoms with Gasteiger partial charge in [0.1, 0.15) is 0 Å². The van der Waals surface area contributed by atoms with Crippen LogP contribution in [0.1, 0.15) is 36.0 Å². The molecule has 0 nitrogen and oxygen atoms in total. The van der Waals surface area contributed by atoms with E-state index in [4.69, 9.17) is 0 Å². The highest BCUT2D eigenvalue weighted by atomic mass is 19.4. The van der Waals surface area contributed by atoms with Crippen LogP contribution in [-0.4, -0.2) is 0 Å². The number of hydrogen-bond acceptors (Lipinski definition) is 0. The summed E-state index contributed by atoms with van der Waals surface area (Å²) in [7, 11) is 0. The molecule has 2 rings (SSSR count). The van der Waals surface area contributed by atoms with E-state index in [1.165, 1.54) is 17.7 Å². The van der Waals surface area contributed by atoms with E-state index in [0.717, 1.165) is 6.07 Å². The van der Waals surface area contributed by atoms with Gasteiger partial charge in [0.25, 0.3) is 0 Å². The molecule has 1 radical (unpaired) electrons. The Balaban J connectivity index is 2.01. The molecule has 0 amide bonds. The molecule has 3 heteroatoms. The maximum absolute atomic E-state index is 12.6. The lowest BCUT2D eigenvalue weighted by Gasteiger charge is -2.12. The van der Waals surface area contributed by atoms with Crippen molar-refractivity contribution in [1.29, 1.82) is 0 Å². The highest BCUT2D eigenvalue weighted by Gasteiger charge is 2.30. The molecule has 0 fully saturated rings. The second-order valence-corrected chi connectivity index (χ2v) is 4.87. The van der Waals surface area contributed by atoms with Crippen molar-refractivity contribution in [1.82, 2.24) is 0 Å². The van der Waals surface area contributed by atoms with Crippen molar-refractivity contribution in [3.05, 3.63) is 77.7 Å². The summed E-state index contributed by atoms with van der Waals surface area (Å²) in [5.41, 5.74) is 1.21. The number of hydrogen-bond donors (Lipinski definition) is 0. The molecule has 0 heterocycles. The van der Waals surface area contributed by atoms with Crippen molar-refractivity contribution in [3.63, 3.8) is 0 Å². The Bertz CT molecular complexity index is 544. The third kappa shape index (κ3) is 3.86. The molecule has 0 aliphatic rings.